The highest BCUT2D eigenvalue weighted by atomic mass is 16.2. The maximum absolute atomic E-state index is 11.2. The Morgan fingerprint density at radius 2 is 2.17 bits per heavy atom. The van der Waals surface area contributed by atoms with Gasteiger partial charge in [0.05, 0.1) is 6.54 Å². The van der Waals surface area contributed by atoms with E-state index in [0.717, 1.165) is 0 Å². The van der Waals surface area contributed by atoms with Gasteiger partial charge in [0.15, 0.2) is 5.78 Å². The molecule has 2 fully saturated rings. The maximum atomic E-state index is 11.2. The minimum absolute atomic E-state index is 0.00519. The summed E-state index contributed by atoms with van der Waals surface area (Å²) in [4.78, 5) is 24.1. The molecule has 12 heavy (non-hydrogen) atoms. The lowest BCUT2D eigenvalue weighted by Gasteiger charge is -2.11. The number of nitrogens with two attached hydrogens (primary N) is 1. The van der Waals surface area contributed by atoms with E-state index < -0.39 is 11.8 Å². The van der Waals surface area contributed by atoms with Crippen LogP contribution < -0.4 is 5.73 Å². The second-order valence-corrected chi connectivity index (χ2v) is 3.58. The van der Waals surface area contributed by atoms with E-state index in [0.29, 0.717) is 19.1 Å². The summed E-state index contributed by atoms with van der Waals surface area (Å²) in [5.41, 5.74) is 5.08. The molecule has 2 rings (SSSR count). The van der Waals surface area contributed by atoms with Gasteiger partial charge in [-0.1, -0.05) is 0 Å². The Morgan fingerprint density at radius 3 is 2.58 bits per heavy atom. The van der Waals surface area contributed by atoms with Crippen LogP contribution in [0.15, 0.2) is 0 Å². The van der Waals surface area contributed by atoms with Crippen molar-refractivity contribution in [3.8, 4) is 0 Å². The number of Topliss-reactive ketones (excluding diaryl/α,β-unsaturated/α-hetero) is 1. The highest BCUT2D eigenvalue weighted by Gasteiger charge is 2.41. The highest BCUT2D eigenvalue weighted by Crippen LogP contribution is 2.30. The van der Waals surface area contributed by atoms with E-state index in [9.17, 15) is 9.59 Å². The van der Waals surface area contributed by atoms with Gasteiger partial charge in [0.1, 0.15) is 5.92 Å². The number of carbonyl (C=O) groups is 2. The van der Waals surface area contributed by atoms with Gasteiger partial charge < -0.3 is 5.73 Å². The van der Waals surface area contributed by atoms with Gasteiger partial charge in [0.25, 0.3) is 0 Å². The third-order valence-corrected chi connectivity index (χ3v) is 2.57. The quantitative estimate of drug-likeness (QED) is 0.545. The fourth-order valence-electron chi connectivity index (χ4n) is 1.68. The normalized spacial score (nSPS) is 31.0. The van der Waals surface area contributed by atoms with Crippen LogP contribution in [0.4, 0.5) is 0 Å². The topological polar surface area (TPSA) is 63.4 Å². The lowest BCUT2D eigenvalue weighted by molar-refractivity contribution is -0.129. The van der Waals surface area contributed by atoms with E-state index in [1.54, 1.807) is 0 Å². The Balaban J connectivity index is 2.01. The summed E-state index contributed by atoms with van der Waals surface area (Å²) in [6.07, 6.45) is 2.33. The third kappa shape index (κ3) is 1.22. The van der Waals surface area contributed by atoms with Gasteiger partial charge in [-0.3, -0.25) is 14.5 Å². The van der Waals surface area contributed by atoms with E-state index in [-0.39, 0.29) is 5.78 Å². The maximum Gasteiger partial charge on any atom is 0.229 e. The number of hydrogen-bond acceptors (Lipinski definition) is 3. The first-order valence-corrected chi connectivity index (χ1v) is 4.24. The molecule has 1 amide bonds. The second kappa shape index (κ2) is 2.55. The van der Waals surface area contributed by atoms with E-state index in [4.69, 9.17) is 5.73 Å². The molecule has 4 heteroatoms. The molecule has 0 aromatic rings. The number of amides is 1. The number of primary amides is 1. The smallest absolute Gasteiger partial charge is 0.229 e. The number of rotatable bonds is 2. The number of likely N-dealkylation sites (tertiary alicyclic amines) is 1. The molecule has 1 aliphatic carbocycles. The van der Waals surface area contributed by atoms with Gasteiger partial charge in [-0.15, -0.1) is 0 Å². The number of ketones is 1. The molecule has 0 radical (unpaired) electrons. The van der Waals surface area contributed by atoms with Crippen LogP contribution in [0.1, 0.15) is 12.8 Å². The molecule has 1 atom stereocenters. The first-order valence-electron chi connectivity index (χ1n) is 4.24. The zero-order valence-electron chi connectivity index (χ0n) is 6.82. The zero-order chi connectivity index (χ0) is 8.72. The molecule has 1 unspecified atom stereocenters. The van der Waals surface area contributed by atoms with Crippen molar-refractivity contribution in [3.63, 3.8) is 0 Å². The molecule has 2 N–H and O–H groups in total. The fraction of sp³-hybridized carbons (Fsp3) is 0.750. The van der Waals surface area contributed by atoms with Gasteiger partial charge in [-0.05, 0) is 12.8 Å². The third-order valence-electron chi connectivity index (χ3n) is 2.57. The SMILES string of the molecule is NC(=O)C1CN(C2CC2)CC1=O. The van der Waals surface area contributed by atoms with Crippen LogP contribution in [0.3, 0.4) is 0 Å². The van der Waals surface area contributed by atoms with Crippen molar-refractivity contribution in [1.29, 1.82) is 0 Å². The molecule has 2 aliphatic rings. The number of nitrogens with zero attached hydrogens (tertiary/aromatic N) is 1. The molecule has 1 saturated heterocycles. The van der Waals surface area contributed by atoms with Gasteiger partial charge >= 0.3 is 0 Å². The van der Waals surface area contributed by atoms with Crippen LogP contribution in [0.25, 0.3) is 0 Å². The average Bonchev–Trinajstić information content (AvgIpc) is 2.75. The minimum atomic E-state index is -0.536. The molecule has 4 nitrogen and oxygen atoms in total. The summed E-state index contributed by atoms with van der Waals surface area (Å²) in [6, 6.07) is 0.554. The van der Waals surface area contributed by atoms with Crippen molar-refractivity contribution >= 4 is 11.7 Å². The summed E-state index contributed by atoms with van der Waals surface area (Å²) >= 11 is 0. The van der Waals surface area contributed by atoms with Crippen molar-refractivity contribution in [1.82, 2.24) is 4.90 Å². The molecule has 1 aliphatic heterocycles. The van der Waals surface area contributed by atoms with Gasteiger partial charge in [-0.25, -0.2) is 0 Å². The minimum Gasteiger partial charge on any atom is -0.369 e. The van der Waals surface area contributed by atoms with Crippen LogP contribution in [-0.2, 0) is 9.59 Å². The summed E-state index contributed by atoms with van der Waals surface area (Å²) in [5, 5.41) is 0. The average molecular weight is 168 g/mol. The van der Waals surface area contributed by atoms with Crippen LogP contribution >= 0.6 is 0 Å². The van der Waals surface area contributed by atoms with E-state index in [1.165, 1.54) is 12.8 Å². The van der Waals surface area contributed by atoms with Crippen molar-refractivity contribution in [2.24, 2.45) is 11.7 Å². The molecule has 0 aromatic carbocycles. The van der Waals surface area contributed by atoms with Crippen LogP contribution in [0, 0.1) is 5.92 Å². The summed E-state index contributed by atoms with van der Waals surface area (Å²) < 4.78 is 0. The van der Waals surface area contributed by atoms with Gasteiger partial charge in [-0.2, -0.15) is 0 Å². The van der Waals surface area contributed by atoms with Crippen molar-refractivity contribution in [2.75, 3.05) is 13.1 Å². The Hall–Kier alpha value is -0.900. The molecule has 66 valence electrons. The molecule has 1 heterocycles. The predicted octanol–water partition coefficient (Wildman–Crippen LogP) is -0.865. The standard InChI is InChI=1S/C8H12N2O2/c9-8(12)6-3-10(4-7(6)11)5-1-2-5/h5-6H,1-4H2,(H2,9,12). The predicted molar refractivity (Wildman–Crippen MR) is 42.3 cm³/mol. The van der Waals surface area contributed by atoms with Crippen LogP contribution in [0.5, 0.6) is 0 Å². The summed E-state index contributed by atoms with van der Waals surface area (Å²) in [7, 11) is 0. The molecule has 0 bridgehead atoms. The summed E-state index contributed by atoms with van der Waals surface area (Å²) in [5.74, 6) is -1.01. The van der Waals surface area contributed by atoms with Crippen molar-refractivity contribution in [3.05, 3.63) is 0 Å². The number of carbonyl (C=O) groups excluding carboxylic acids is 2. The lowest BCUT2D eigenvalue weighted by atomic mass is 10.1. The molecule has 0 aromatic heterocycles. The molecule has 0 spiro atoms. The Kier molecular flexibility index (Phi) is 1.65. The molecule has 1 saturated carbocycles. The first-order chi connectivity index (χ1) is 5.68. The van der Waals surface area contributed by atoms with Gasteiger partial charge in [0.2, 0.25) is 5.91 Å². The Bertz CT molecular complexity index is 235. The Labute approximate surface area is 70.7 Å². The van der Waals surface area contributed by atoms with E-state index in [1.807, 2.05) is 0 Å². The van der Waals surface area contributed by atoms with Crippen molar-refractivity contribution < 1.29 is 9.59 Å². The van der Waals surface area contributed by atoms with Crippen molar-refractivity contribution in [2.45, 2.75) is 18.9 Å². The monoisotopic (exact) mass is 168 g/mol. The van der Waals surface area contributed by atoms with Gasteiger partial charge in [0, 0.05) is 12.6 Å². The van der Waals surface area contributed by atoms with E-state index >= 15 is 0 Å². The summed E-state index contributed by atoms with van der Waals surface area (Å²) in [6.45, 7) is 0.983. The van der Waals surface area contributed by atoms with E-state index in [2.05, 4.69) is 4.90 Å². The molecular formula is C8H12N2O2. The molecular weight excluding hydrogens is 156 g/mol. The fourth-order valence-corrected chi connectivity index (χ4v) is 1.68. The number of hydrogen-bond donors (Lipinski definition) is 1. The lowest BCUT2D eigenvalue weighted by Crippen LogP contribution is -2.30. The second-order valence-electron chi connectivity index (χ2n) is 3.58. The van der Waals surface area contributed by atoms with Crippen LogP contribution in [0.2, 0.25) is 0 Å². The zero-order valence-corrected chi connectivity index (χ0v) is 6.82. The first kappa shape index (κ1) is 7.73. The largest absolute Gasteiger partial charge is 0.369 e. The highest BCUT2D eigenvalue weighted by molar-refractivity contribution is 6.03. The Morgan fingerprint density at radius 1 is 1.50 bits per heavy atom. The van der Waals surface area contributed by atoms with Crippen LogP contribution in [-0.4, -0.2) is 35.7 Å².